The summed E-state index contributed by atoms with van der Waals surface area (Å²) >= 11 is 0. The predicted molar refractivity (Wildman–Crippen MR) is 106 cm³/mol. The quantitative estimate of drug-likeness (QED) is 0.368. The summed E-state index contributed by atoms with van der Waals surface area (Å²) in [6, 6.07) is 8.42. The van der Waals surface area contributed by atoms with Crippen LogP contribution in [0.4, 0.5) is 17.6 Å². The van der Waals surface area contributed by atoms with E-state index >= 15 is 0 Å². The van der Waals surface area contributed by atoms with Crippen LogP contribution < -0.4 is 4.74 Å². The fourth-order valence-corrected chi connectivity index (χ4v) is 3.93. The zero-order chi connectivity index (χ0) is 21.7. The van der Waals surface area contributed by atoms with Crippen LogP contribution in [0.1, 0.15) is 61.6 Å². The van der Waals surface area contributed by atoms with Gasteiger partial charge in [0.15, 0.2) is 0 Å². The number of halogens is 4. The van der Waals surface area contributed by atoms with Gasteiger partial charge in [-0.3, -0.25) is 0 Å². The number of alkyl halides is 2. The average Bonchev–Trinajstić information content (AvgIpc) is 2.72. The zero-order valence-electron chi connectivity index (χ0n) is 16.7. The Hall–Kier alpha value is -2.81. The number of hydrogen-bond donors (Lipinski definition) is 0. The summed E-state index contributed by atoms with van der Waals surface area (Å²) < 4.78 is 60.8. The molecular weight excluding hydrogens is 394 g/mol. The lowest BCUT2D eigenvalue weighted by Gasteiger charge is -2.28. The van der Waals surface area contributed by atoms with Crippen molar-refractivity contribution in [2.75, 3.05) is 0 Å². The molecule has 0 aliphatic heterocycles. The maximum atomic E-state index is 14.5. The van der Waals surface area contributed by atoms with Crippen molar-refractivity contribution in [2.45, 2.75) is 51.1 Å². The van der Waals surface area contributed by atoms with Crippen LogP contribution in [0.25, 0.3) is 0 Å². The fraction of sp³-hybridized carbons (Fsp3) is 0.375. The van der Waals surface area contributed by atoms with E-state index < -0.39 is 34.6 Å². The Morgan fingerprint density at radius 3 is 2.20 bits per heavy atom. The Labute approximate surface area is 173 Å². The van der Waals surface area contributed by atoms with E-state index in [9.17, 15) is 17.6 Å². The molecule has 30 heavy (non-hydrogen) atoms. The molecule has 0 aromatic heterocycles. The summed E-state index contributed by atoms with van der Waals surface area (Å²) in [4.78, 5) is 0. The van der Waals surface area contributed by atoms with Gasteiger partial charge < -0.3 is 4.74 Å². The number of nitrogens with zero attached hydrogens (tertiary/aromatic N) is 1. The maximum Gasteiger partial charge on any atom is 0.426 e. The van der Waals surface area contributed by atoms with E-state index in [2.05, 4.69) is 16.9 Å². The number of benzene rings is 2. The molecular formula is C24H23F4NO. The Morgan fingerprint density at radius 2 is 1.67 bits per heavy atom. The van der Waals surface area contributed by atoms with Gasteiger partial charge in [-0.1, -0.05) is 24.3 Å². The van der Waals surface area contributed by atoms with Crippen molar-refractivity contribution in [3.63, 3.8) is 0 Å². The van der Waals surface area contributed by atoms with Crippen molar-refractivity contribution in [2.24, 2.45) is 5.92 Å². The van der Waals surface area contributed by atoms with Gasteiger partial charge in [-0.25, -0.2) is 8.78 Å². The third kappa shape index (κ3) is 5.02. The second-order valence-electron chi connectivity index (χ2n) is 7.64. The molecule has 2 nitrogen and oxygen atoms in total. The molecule has 3 rings (SSSR count). The third-order valence-electron chi connectivity index (χ3n) is 5.64. The SMILES string of the molecule is CC=CCC1CCC(c2ccc(C(F)(F)Oc3cc(F)c(C#N)c(F)c3)cc2)CC1. The molecule has 0 unspecified atom stereocenters. The summed E-state index contributed by atoms with van der Waals surface area (Å²) in [6.45, 7) is 2.01. The molecule has 2 aromatic rings. The summed E-state index contributed by atoms with van der Waals surface area (Å²) in [5.74, 6) is -2.15. The van der Waals surface area contributed by atoms with Gasteiger partial charge in [0.25, 0.3) is 0 Å². The van der Waals surface area contributed by atoms with E-state index in [4.69, 9.17) is 5.26 Å². The van der Waals surface area contributed by atoms with Gasteiger partial charge in [0.05, 0.1) is 5.56 Å². The molecule has 2 aromatic carbocycles. The summed E-state index contributed by atoms with van der Waals surface area (Å²) in [5, 5.41) is 8.66. The third-order valence-corrected chi connectivity index (χ3v) is 5.64. The normalized spacial score (nSPS) is 19.6. The van der Waals surface area contributed by atoms with Crippen LogP contribution in [-0.4, -0.2) is 0 Å². The zero-order valence-corrected chi connectivity index (χ0v) is 16.7. The molecule has 0 spiro atoms. The lowest BCUT2D eigenvalue weighted by Crippen LogP contribution is -2.22. The van der Waals surface area contributed by atoms with Crippen molar-refractivity contribution in [1.82, 2.24) is 0 Å². The average molecular weight is 417 g/mol. The summed E-state index contributed by atoms with van der Waals surface area (Å²) in [6.07, 6.45) is 5.85. The number of ether oxygens (including phenoxy) is 1. The molecule has 0 atom stereocenters. The van der Waals surface area contributed by atoms with Gasteiger partial charge in [0, 0.05) is 12.1 Å². The molecule has 0 bridgehead atoms. The Kier molecular flexibility index (Phi) is 6.81. The number of nitriles is 1. The molecule has 6 heteroatoms. The maximum absolute atomic E-state index is 14.5. The van der Waals surface area contributed by atoms with Crippen LogP contribution in [0.2, 0.25) is 0 Å². The second kappa shape index (κ2) is 9.34. The van der Waals surface area contributed by atoms with Crippen molar-refractivity contribution in [3.8, 4) is 11.8 Å². The molecule has 1 aliphatic carbocycles. The van der Waals surface area contributed by atoms with Crippen molar-refractivity contribution < 1.29 is 22.3 Å². The minimum absolute atomic E-state index is 0.345. The first kappa shape index (κ1) is 21.9. The topological polar surface area (TPSA) is 33.0 Å². The van der Waals surface area contributed by atoms with Crippen molar-refractivity contribution >= 4 is 0 Å². The minimum Gasteiger partial charge on any atom is -0.429 e. The standard InChI is InChI=1S/C24H23F4NO/c1-2-3-4-16-5-7-17(8-6-16)18-9-11-19(12-10-18)24(27,28)30-20-13-22(25)21(15-29)23(26)14-20/h2-3,9-14,16-17H,4-8H2,1H3. The first-order valence-corrected chi connectivity index (χ1v) is 10.0. The lowest BCUT2D eigenvalue weighted by molar-refractivity contribution is -0.185. The summed E-state index contributed by atoms with van der Waals surface area (Å²) in [7, 11) is 0. The number of hydrogen-bond acceptors (Lipinski definition) is 2. The van der Waals surface area contributed by atoms with E-state index in [1.807, 2.05) is 6.92 Å². The van der Waals surface area contributed by atoms with Gasteiger partial charge in [-0.05, 0) is 68.6 Å². The first-order valence-electron chi connectivity index (χ1n) is 10.0. The molecule has 158 valence electrons. The van der Waals surface area contributed by atoms with Crippen molar-refractivity contribution in [3.05, 3.63) is 76.9 Å². The van der Waals surface area contributed by atoms with Crippen LogP contribution in [0.15, 0.2) is 48.6 Å². The van der Waals surface area contributed by atoms with Crippen LogP contribution in [0, 0.1) is 28.9 Å². The highest BCUT2D eigenvalue weighted by Crippen LogP contribution is 2.39. The van der Waals surface area contributed by atoms with Gasteiger partial charge in [-0.15, -0.1) is 0 Å². The predicted octanol–water partition coefficient (Wildman–Crippen LogP) is 7.20. The van der Waals surface area contributed by atoms with Crippen LogP contribution in [-0.2, 0) is 6.11 Å². The Balaban J connectivity index is 1.67. The number of rotatable bonds is 6. The second-order valence-corrected chi connectivity index (χ2v) is 7.64. The molecule has 1 saturated carbocycles. The monoisotopic (exact) mass is 417 g/mol. The molecule has 0 heterocycles. The van der Waals surface area contributed by atoms with Crippen LogP contribution in [0.3, 0.4) is 0 Å². The van der Waals surface area contributed by atoms with Gasteiger partial charge in [0.1, 0.15) is 29.0 Å². The Bertz CT molecular complexity index is 916. The van der Waals surface area contributed by atoms with Crippen molar-refractivity contribution in [1.29, 1.82) is 5.26 Å². The van der Waals surface area contributed by atoms with E-state index in [0.29, 0.717) is 24.0 Å². The van der Waals surface area contributed by atoms with E-state index in [0.717, 1.165) is 37.7 Å². The van der Waals surface area contributed by atoms with Crippen LogP contribution in [0.5, 0.6) is 5.75 Å². The fourth-order valence-electron chi connectivity index (χ4n) is 3.93. The molecule has 0 saturated heterocycles. The van der Waals surface area contributed by atoms with E-state index in [-0.39, 0.29) is 0 Å². The molecule has 0 radical (unpaired) electrons. The highest BCUT2D eigenvalue weighted by atomic mass is 19.3. The molecule has 1 fully saturated rings. The summed E-state index contributed by atoms with van der Waals surface area (Å²) in [5.41, 5.74) is -0.233. The van der Waals surface area contributed by atoms with Gasteiger partial charge >= 0.3 is 6.11 Å². The largest absolute Gasteiger partial charge is 0.429 e. The first-order chi connectivity index (χ1) is 14.3. The van der Waals surface area contributed by atoms with Gasteiger partial charge in [-0.2, -0.15) is 14.0 Å². The highest BCUT2D eigenvalue weighted by molar-refractivity contribution is 5.38. The molecule has 0 N–H and O–H groups in total. The van der Waals surface area contributed by atoms with E-state index in [1.54, 1.807) is 12.1 Å². The van der Waals surface area contributed by atoms with Gasteiger partial charge in [0.2, 0.25) is 0 Å². The molecule has 1 aliphatic rings. The lowest BCUT2D eigenvalue weighted by atomic mass is 9.77. The number of allylic oxidation sites excluding steroid dienone is 2. The van der Waals surface area contributed by atoms with E-state index in [1.165, 1.54) is 18.2 Å². The Morgan fingerprint density at radius 1 is 1.07 bits per heavy atom. The minimum atomic E-state index is -3.77. The van der Waals surface area contributed by atoms with Crippen LogP contribution >= 0.6 is 0 Å². The molecule has 0 amide bonds. The highest BCUT2D eigenvalue weighted by Gasteiger charge is 2.35. The smallest absolute Gasteiger partial charge is 0.426 e.